The largest absolute Gasteiger partial charge is 0.385 e. The Bertz CT molecular complexity index is 469. The van der Waals surface area contributed by atoms with Gasteiger partial charge in [-0.3, -0.25) is 0 Å². The van der Waals surface area contributed by atoms with Crippen LogP contribution in [0.4, 0.5) is 5.82 Å². The van der Waals surface area contributed by atoms with Gasteiger partial charge in [-0.25, -0.2) is 9.97 Å². The number of anilines is 1. The van der Waals surface area contributed by atoms with Crippen LogP contribution in [0.3, 0.4) is 0 Å². The Labute approximate surface area is 87.8 Å². The Morgan fingerprint density at radius 3 is 2.67 bits per heavy atom. The molecule has 0 amide bonds. The SMILES string of the molecule is C[C@H](O)c1nc2nc(N(C)C)ccc2[nH]1. The lowest BCUT2D eigenvalue weighted by Crippen LogP contribution is -2.10. The normalized spacial score (nSPS) is 13.1. The van der Waals surface area contributed by atoms with E-state index >= 15 is 0 Å². The molecule has 0 saturated carbocycles. The van der Waals surface area contributed by atoms with E-state index in [-0.39, 0.29) is 0 Å². The molecule has 0 aliphatic rings. The molecule has 15 heavy (non-hydrogen) atoms. The monoisotopic (exact) mass is 206 g/mol. The summed E-state index contributed by atoms with van der Waals surface area (Å²) in [6.07, 6.45) is -0.595. The fourth-order valence-electron chi connectivity index (χ4n) is 1.35. The highest BCUT2D eigenvalue weighted by atomic mass is 16.3. The molecule has 0 saturated heterocycles. The van der Waals surface area contributed by atoms with Gasteiger partial charge in [-0.1, -0.05) is 0 Å². The average Bonchev–Trinajstić information content (AvgIpc) is 2.59. The molecule has 0 aliphatic carbocycles. The molecule has 5 nitrogen and oxygen atoms in total. The zero-order chi connectivity index (χ0) is 11.0. The van der Waals surface area contributed by atoms with Crippen LogP contribution < -0.4 is 4.90 Å². The van der Waals surface area contributed by atoms with Crippen LogP contribution in [0.1, 0.15) is 18.9 Å². The van der Waals surface area contributed by atoms with Gasteiger partial charge in [0.05, 0.1) is 5.52 Å². The molecule has 5 heteroatoms. The minimum absolute atomic E-state index is 0.549. The molecular formula is C10H14N4O. The van der Waals surface area contributed by atoms with Crippen molar-refractivity contribution < 1.29 is 5.11 Å². The van der Waals surface area contributed by atoms with E-state index in [0.717, 1.165) is 11.3 Å². The van der Waals surface area contributed by atoms with Gasteiger partial charge < -0.3 is 15.0 Å². The Balaban J connectivity index is 2.52. The number of aromatic nitrogens is 3. The first-order valence-electron chi connectivity index (χ1n) is 4.80. The third-order valence-electron chi connectivity index (χ3n) is 2.20. The van der Waals surface area contributed by atoms with Gasteiger partial charge in [0.25, 0.3) is 0 Å². The zero-order valence-corrected chi connectivity index (χ0v) is 9.02. The fraction of sp³-hybridized carbons (Fsp3) is 0.400. The Morgan fingerprint density at radius 1 is 1.33 bits per heavy atom. The van der Waals surface area contributed by atoms with Gasteiger partial charge >= 0.3 is 0 Å². The molecule has 2 rings (SSSR count). The van der Waals surface area contributed by atoms with Crippen LogP contribution in [0.15, 0.2) is 12.1 Å². The van der Waals surface area contributed by atoms with E-state index in [4.69, 9.17) is 0 Å². The lowest BCUT2D eigenvalue weighted by molar-refractivity contribution is 0.190. The van der Waals surface area contributed by atoms with Gasteiger partial charge in [0.15, 0.2) is 5.65 Å². The summed E-state index contributed by atoms with van der Waals surface area (Å²) >= 11 is 0. The number of fused-ring (bicyclic) bond motifs is 1. The molecule has 0 radical (unpaired) electrons. The van der Waals surface area contributed by atoms with Gasteiger partial charge in [-0.05, 0) is 19.1 Å². The summed E-state index contributed by atoms with van der Waals surface area (Å²) in [5.74, 6) is 1.40. The number of nitrogens with one attached hydrogen (secondary N) is 1. The van der Waals surface area contributed by atoms with Crippen LogP contribution in [0.25, 0.3) is 11.2 Å². The van der Waals surface area contributed by atoms with E-state index in [9.17, 15) is 5.11 Å². The maximum absolute atomic E-state index is 9.37. The lowest BCUT2D eigenvalue weighted by atomic mass is 10.4. The fourth-order valence-corrected chi connectivity index (χ4v) is 1.35. The topological polar surface area (TPSA) is 65.0 Å². The van der Waals surface area contributed by atoms with Crippen LogP contribution in [-0.4, -0.2) is 34.2 Å². The summed E-state index contributed by atoms with van der Waals surface area (Å²) in [5, 5.41) is 9.37. The number of aliphatic hydroxyl groups excluding tert-OH is 1. The summed E-state index contributed by atoms with van der Waals surface area (Å²) in [5.41, 5.74) is 1.48. The molecule has 2 N–H and O–H groups in total. The number of H-pyrrole nitrogens is 1. The number of hydrogen-bond acceptors (Lipinski definition) is 4. The summed E-state index contributed by atoms with van der Waals surface area (Å²) in [6.45, 7) is 1.67. The second-order valence-corrected chi connectivity index (χ2v) is 3.73. The third-order valence-corrected chi connectivity index (χ3v) is 2.20. The quantitative estimate of drug-likeness (QED) is 0.771. The number of nitrogens with zero attached hydrogens (tertiary/aromatic N) is 3. The van der Waals surface area contributed by atoms with Gasteiger partial charge in [-0.15, -0.1) is 0 Å². The second kappa shape index (κ2) is 3.51. The van der Waals surface area contributed by atoms with Gasteiger partial charge in [-0.2, -0.15) is 0 Å². The first-order valence-corrected chi connectivity index (χ1v) is 4.80. The molecule has 0 bridgehead atoms. The van der Waals surface area contributed by atoms with E-state index in [1.807, 2.05) is 31.1 Å². The summed E-state index contributed by atoms with van der Waals surface area (Å²) < 4.78 is 0. The van der Waals surface area contributed by atoms with Crippen molar-refractivity contribution in [3.8, 4) is 0 Å². The first-order chi connectivity index (χ1) is 7.08. The maximum Gasteiger partial charge on any atom is 0.179 e. The van der Waals surface area contributed by atoms with Crippen molar-refractivity contribution in [1.82, 2.24) is 15.0 Å². The molecule has 1 atom stereocenters. The molecule has 2 heterocycles. The van der Waals surface area contributed by atoms with E-state index < -0.39 is 6.10 Å². The predicted octanol–water partition coefficient (Wildman–Crippen LogP) is 1.08. The molecule has 2 aromatic heterocycles. The minimum Gasteiger partial charge on any atom is -0.385 e. The van der Waals surface area contributed by atoms with Crippen molar-refractivity contribution in [1.29, 1.82) is 0 Å². The average molecular weight is 206 g/mol. The lowest BCUT2D eigenvalue weighted by Gasteiger charge is -2.09. The number of hydrogen-bond donors (Lipinski definition) is 2. The van der Waals surface area contributed by atoms with Gasteiger partial charge in [0.2, 0.25) is 0 Å². The van der Waals surface area contributed by atoms with Gasteiger partial charge in [0.1, 0.15) is 17.7 Å². The molecule has 0 fully saturated rings. The second-order valence-electron chi connectivity index (χ2n) is 3.73. The molecule has 2 aromatic rings. The highest BCUT2D eigenvalue weighted by Gasteiger charge is 2.09. The number of aliphatic hydroxyl groups is 1. The number of aromatic amines is 1. The highest BCUT2D eigenvalue weighted by Crippen LogP contribution is 2.17. The van der Waals surface area contributed by atoms with E-state index in [2.05, 4.69) is 15.0 Å². The smallest absolute Gasteiger partial charge is 0.179 e. The molecule has 0 aliphatic heterocycles. The molecule has 0 unspecified atom stereocenters. The summed E-state index contributed by atoms with van der Waals surface area (Å²) in [6, 6.07) is 3.82. The highest BCUT2D eigenvalue weighted by molar-refractivity contribution is 5.73. The van der Waals surface area contributed by atoms with E-state index in [1.54, 1.807) is 6.92 Å². The van der Waals surface area contributed by atoms with Crippen molar-refractivity contribution in [3.63, 3.8) is 0 Å². The zero-order valence-electron chi connectivity index (χ0n) is 9.02. The summed E-state index contributed by atoms with van der Waals surface area (Å²) in [4.78, 5) is 13.5. The molecule has 80 valence electrons. The van der Waals surface area contributed by atoms with Crippen molar-refractivity contribution in [2.75, 3.05) is 19.0 Å². The molecular weight excluding hydrogens is 192 g/mol. The van der Waals surface area contributed by atoms with Gasteiger partial charge in [0, 0.05) is 14.1 Å². The van der Waals surface area contributed by atoms with Crippen molar-refractivity contribution in [3.05, 3.63) is 18.0 Å². The Morgan fingerprint density at radius 2 is 2.07 bits per heavy atom. The predicted molar refractivity (Wildman–Crippen MR) is 58.8 cm³/mol. The summed E-state index contributed by atoms with van der Waals surface area (Å²) in [7, 11) is 3.85. The van der Waals surface area contributed by atoms with Crippen molar-refractivity contribution in [2.24, 2.45) is 0 Å². The number of rotatable bonds is 2. The van der Waals surface area contributed by atoms with E-state index in [1.165, 1.54) is 0 Å². The Hall–Kier alpha value is -1.62. The molecule has 0 spiro atoms. The Kier molecular flexibility index (Phi) is 2.32. The van der Waals surface area contributed by atoms with E-state index in [0.29, 0.717) is 11.5 Å². The van der Waals surface area contributed by atoms with Crippen LogP contribution >= 0.6 is 0 Å². The first kappa shape index (κ1) is 9.92. The van der Waals surface area contributed by atoms with Crippen LogP contribution in [-0.2, 0) is 0 Å². The maximum atomic E-state index is 9.37. The van der Waals surface area contributed by atoms with Crippen LogP contribution in [0.2, 0.25) is 0 Å². The van der Waals surface area contributed by atoms with Crippen molar-refractivity contribution in [2.45, 2.75) is 13.0 Å². The van der Waals surface area contributed by atoms with Crippen LogP contribution in [0.5, 0.6) is 0 Å². The number of imidazole rings is 1. The minimum atomic E-state index is -0.595. The van der Waals surface area contributed by atoms with Crippen molar-refractivity contribution >= 4 is 17.0 Å². The molecule has 0 aromatic carbocycles. The number of pyridine rings is 1. The standard InChI is InChI=1S/C10H14N4O/c1-6(15)9-11-7-4-5-8(14(2)3)12-10(7)13-9/h4-6,15H,1-3H3,(H,11,12,13)/t6-/m0/s1. The van der Waals surface area contributed by atoms with Crippen LogP contribution in [0, 0.1) is 0 Å². The third kappa shape index (κ3) is 1.78.